The van der Waals surface area contributed by atoms with Crippen LogP contribution in [0, 0.1) is 35.3 Å². The summed E-state index contributed by atoms with van der Waals surface area (Å²) in [7, 11) is 5.39. The van der Waals surface area contributed by atoms with Gasteiger partial charge in [0.2, 0.25) is 0 Å². The molecule has 4 aromatic rings. The number of aliphatic hydroxyl groups excluding tert-OH is 5. The minimum atomic E-state index is -1.89. The van der Waals surface area contributed by atoms with E-state index in [0.717, 1.165) is 34.8 Å². The van der Waals surface area contributed by atoms with Crippen molar-refractivity contribution >= 4 is 35.2 Å². The van der Waals surface area contributed by atoms with Crippen molar-refractivity contribution in [1.29, 1.82) is 0 Å². The van der Waals surface area contributed by atoms with Crippen LogP contribution < -0.4 is 10.6 Å². The van der Waals surface area contributed by atoms with E-state index in [-0.39, 0.29) is 28.9 Å². The lowest BCUT2D eigenvalue weighted by Gasteiger charge is -2.36. The molecular weight excluding hydrogens is 939 g/mol. The Hall–Kier alpha value is -7.20. The summed E-state index contributed by atoms with van der Waals surface area (Å²) in [6, 6.07) is 20.3. The molecule has 1 heterocycles. The van der Waals surface area contributed by atoms with Crippen LogP contribution in [0.25, 0.3) is 0 Å². The highest BCUT2D eigenvalue weighted by atomic mass is 19.1. The predicted octanol–water partition coefficient (Wildman–Crippen LogP) is 2.33. The van der Waals surface area contributed by atoms with Crippen LogP contribution in [-0.4, -0.2) is 149 Å². The monoisotopic (exact) mass is 996 g/mol. The van der Waals surface area contributed by atoms with E-state index in [1.807, 2.05) is 0 Å². The fourth-order valence-corrected chi connectivity index (χ4v) is 7.15. The number of benzene rings is 4. The van der Waals surface area contributed by atoms with Gasteiger partial charge in [-0.3, -0.25) is 28.8 Å². The number of likely N-dealkylation sites (N-methyl/N-ethyl adjacent to an activating group) is 4. The first-order chi connectivity index (χ1) is 34.2. The summed E-state index contributed by atoms with van der Waals surface area (Å²) >= 11 is 0. The number of hydrogen-bond donors (Lipinski definition) is 7. The summed E-state index contributed by atoms with van der Waals surface area (Å²) in [5.74, 6) is 5.95. The fourth-order valence-electron chi connectivity index (χ4n) is 7.15. The highest BCUT2D eigenvalue weighted by Crippen LogP contribution is 2.24. The lowest BCUT2D eigenvalue weighted by molar-refractivity contribution is -0.174. The maximum absolute atomic E-state index is 14.2. The molecule has 4 amide bonds. The van der Waals surface area contributed by atoms with Crippen molar-refractivity contribution in [3.05, 3.63) is 141 Å². The average molecular weight is 997 g/mol. The zero-order valence-electron chi connectivity index (χ0n) is 40.6. The molecular formula is C53H58F2N4O13. The van der Waals surface area contributed by atoms with Crippen LogP contribution in [0.5, 0.6) is 0 Å². The molecule has 1 aliphatic heterocycles. The van der Waals surface area contributed by atoms with Crippen LogP contribution in [0.15, 0.2) is 84.9 Å². The topological polar surface area (TPSA) is 253 Å². The van der Waals surface area contributed by atoms with E-state index in [9.17, 15) is 52.9 Å². The van der Waals surface area contributed by atoms with Gasteiger partial charge in [0.1, 0.15) is 37.1 Å². The van der Waals surface area contributed by atoms with Crippen LogP contribution in [0.2, 0.25) is 0 Å². The number of ether oxygens (including phenoxy) is 2. The summed E-state index contributed by atoms with van der Waals surface area (Å²) < 4.78 is 39.3. The maximum Gasteiger partial charge on any atom is 0.254 e. The molecule has 1 aliphatic rings. The second kappa shape index (κ2) is 26.3. The van der Waals surface area contributed by atoms with E-state index >= 15 is 0 Å². The third-order valence-corrected chi connectivity index (χ3v) is 12.1. The van der Waals surface area contributed by atoms with Gasteiger partial charge in [0, 0.05) is 79.3 Å². The second-order valence-electron chi connectivity index (χ2n) is 16.7. The van der Waals surface area contributed by atoms with E-state index in [1.54, 1.807) is 24.3 Å². The summed E-state index contributed by atoms with van der Waals surface area (Å²) in [6.45, 7) is 0.688. The Morgan fingerprint density at radius 2 is 1.04 bits per heavy atom. The number of nitrogens with one attached hydrogen (secondary N) is 2. The van der Waals surface area contributed by atoms with E-state index in [0.29, 0.717) is 35.3 Å². The first-order valence-electron chi connectivity index (χ1n) is 22.5. The normalized spacial score (nSPS) is 15.4. The molecule has 1 saturated heterocycles. The van der Waals surface area contributed by atoms with Crippen LogP contribution >= 0.6 is 0 Å². The Morgan fingerprint density at radius 1 is 0.653 bits per heavy atom. The number of carbonyl (C=O) groups is 6. The van der Waals surface area contributed by atoms with E-state index in [4.69, 9.17) is 19.7 Å². The van der Waals surface area contributed by atoms with E-state index < -0.39 is 96.2 Å². The molecule has 0 saturated carbocycles. The van der Waals surface area contributed by atoms with Gasteiger partial charge in [-0.05, 0) is 106 Å². The van der Waals surface area contributed by atoms with Crippen LogP contribution in [0.3, 0.4) is 0 Å². The first kappa shape index (κ1) is 57.4. The standard InChI is InChI=1S/C29H33FN2O7.C24H25FN2O6/c1-29(28(37)31-2,25(35)18-39-26-6-4-5-15-38-26)32(3)27(36)21-12-9-19(10-13-21)7-8-20-11-14-22(23(30)16-20)24(34)17-33;1-24(21(31)14-29,23(33)26-2)27(3)22(32)17-9-6-15(7-10-17)4-5-16-8-11-18(19(25)12-16)20(30)13-28/h9-14,16,24,26,33-34H,4-6,15,17-18H2,1-3H3,(H,31,37);6-12,20,28-30H,13-14H2,1-3H3,(H,26,33)/t24-,26?,29+;20-,24+/m00/s1. The summed E-state index contributed by atoms with van der Waals surface area (Å²) in [4.78, 5) is 78.6. The van der Waals surface area contributed by atoms with Gasteiger partial charge in [-0.15, -0.1) is 0 Å². The van der Waals surface area contributed by atoms with Crippen molar-refractivity contribution in [3.63, 3.8) is 0 Å². The third kappa shape index (κ3) is 13.8. The molecule has 0 aliphatic carbocycles. The van der Waals surface area contributed by atoms with Crippen molar-refractivity contribution in [1.82, 2.24) is 20.4 Å². The summed E-state index contributed by atoms with van der Waals surface area (Å²) in [5.41, 5.74) is -1.56. The summed E-state index contributed by atoms with van der Waals surface area (Å²) in [5, 5.41) is 51.1. The van der Waals surface area contributed by atoms with Gasteiger partial charge in [0.25, 0.3) is 23.6 Å². The smallest absolute Gasteiger partial charge is 0.254 e. The van der Waals surface area contributed by atoms with Crippen LogP contribution in [-0.2, 0) is 28.7 Å². The SMILES string of the molecule is CNC(=O)[C@@](C)(C(=O)CO)N(C)C(=O)c1ccc(C#Cc2ccc([C@@H](O)CO)c(F)c2)cc1.CNC(=O)[C@@](C)(C(=O)COC1CCCCO1)N(C)C(=O)c1ccc(C#Cc2ccc([C@@H](O)CO)c(F)c2)cc1. The molecule has 382 valence electrons. The molecule has 0 spiro atoms. The first-order valence-corrected chi connectivity index (χ1v) is 22.5. The predicted molar refractivity (Wildman–Crippen MR) is 258 cm³/mol. The van der Waals surface area contributed by atoms with E-state index in [1.165, 1.54) is 90.6 Å². The van der Waals surface area contributed by atoms with Gasteiger partial charge in [-0.1, -0.05) is 35.8 Å². The van der Waals surface area contributed by atoms with Crippen molar-refractivity contribution in [2.45, 2.75) is 62.7 Å². The molecule has 7 N–H and O–H groups in total. The zero-order valence-corrected chi connectivity index (χ0v) is 40.6. The third-order valence-electron chi connectivity index (χ3n) is 12.1. The number of aliphatic hydroxyl groups is 5. The quantitative estimate of drug-likeness (QED) is 0.0630. The lowest BCUT2D eigenvalue weighted by Crippen LogP contribution is -2.62. The molecule has 0 aromatic heterocycles. The molecule has 5 atom stereocenters. The molecule has 1 fully saturated rings. The van der Waals surface area contributed by atoms with Gasteiger partial charge in [-0.2, -0.15) is 0 Å². The zero-order chi connectivity index (χ0) is 53.3. The largest absolute Gasteiger partial charge is 0.393 e. The van der Waals surface area contributed by atoms with Crippen molar-refractivity contribution in [2.75, 3.05) is 61.2 Å². The Balaban J connectivity index is 0.000000317. The minimum Gasteiger partial charge on any atom is -0.393 e. The second-order valence-corrected chi connectivity index (χ2v) is 16.7. The van der Waals surface area contributed by atoms with Gasteiger partial charge in [-0.25, -0.2) is 8.78 Å². The molecule has 0 radical (unpaired) electrons. The number of hydrogen-bond acceptors (Lipinski definition) is 13. The van der Waals surface area contributed by atoms with E-state index in [2.05, 4.69) is 34.3 Å². The molecule has 4 aromatic carbocycles. The van der Waals surface area contributed by atoms with Gasteiger partial charge < -0.3 is 55.4 Å². The minimum absolute atomic E-state index is 0.0221. The number of amides is 4. The maximum atomic E-state index is 14.2. The number of Topliss-reactive ketones (excluding diaryl/α,β-unsaturated/α-hetero) is 2. The van der Waals surface area contributed by atoms with Gasteiger partial charge in [0.05, 0.1) is 13.2 Å². The highest BCUT2D eigenvalue weighted by Gasteiger charge is 2.47. The molecule has 72 heavy (non-hydrogen) atoms. The fraction of sp³-hybridized carbons (Fsp3) is 0.358. The van der Waals surface area contributed by atoms with Crippen LogP contribution in [0.1, 0.15) is 99.4 Å². The van der Waals surface area contributed by atoms with Gasteiger partial charge in [0.15, 0.2) is 28.9 Å². The number of nitrogens with zero attached hydrogens (tertiary/aromatic N) is 2. The summed E-state index contributed by atoms with van der Waals surface area (Å²) in [6.07, 6.45) is -0.647. The van der Waals surface area contributed by atoms with Gasteiger partial charge >= 0.3 is 0 Å². The number of halogens is 2. The number of ketones is 2. The average Bonchev–Trinajstić information content (AvgIpc) is 3.41. The molecule has 19 heteroatoms. The Morgan fingerprint density at radius 3 is 1.39 bits per heavy atom. The number of carbonyl (C=O) groups excluding carboxylic acids is 6. The van der Waals surface area contributed by atoms with Crippen molar-refractivity contribution in [3.8, 4) is 23.7 Å². The highest BCUT2D eigenvalue weighted by molar-refractivity contribution is 6.15. The van der Waals surface area contributed by atoms with Crippen LogP contribution in [0.4, 0.5) is 8.78 Å². The Labute approximate surface area is 415 Å². The number of rotatable bonds is 16. The molecule has 1 unspecified atom stereocenters. The molecule has 5 rings (SSSR count). The molecule has 0 bridgehead atoms. The molecule has 17 nitrogen and oxygen atoms in total. The van der Waals surface area contributed by atoms with Crippen molar-refractivity contribution in [2.24, 2.45) is 0 Å². The Bertz CT molecular complexity index is 2710. The van der Waals surface area contributed by atoms with Crippen molar-refractivity contribution < 1.29 is 72.6 Å². The Kier molecular flexibility index (Phi) is 21.0. The lowest BCUT2D eigenvalue weighted by atomic mass is 9.92.